The van der Waals surface area contributed by atoms with E-state index in [1.54, 1.807) is 65.3 Å². The fraction of sp³-hybridized carbons (Fsp3) is 0.477. The topological polar surface area (TPSA) is 499 Å². The van der Waals surface area contributed by atoms with E-state index in [1.165, 1.54) is 55.2 Å². The van der Waals surface area contributed by atoms with Gasteiger partial charge in [-0.15, -0.1) is 11.6 Å². The first-order valence-corrected chi connectivity index (χ1v) is 40.7. The average molecular weight is 1730 g/mol. The van der Waals surface area contributed by atoms with E-state index in [4.69, 9.17) is 11.6 Å². The predicted molar refractivity (Wildman–Crippen MR) is 445 cm³/mol. The maximum Gasteiger partial charge on any atom is 0.253 e. The number of aryl methyl sites for hydroxylation is 6. The van der Waals surface area contributed by atoms with Crippen LogP contribution in [-0.4, -0.2) is 168 Å². The molecule has 1 unspecified atom stereocenters. The van der Waals surface area contributed by atoms with Crippen molar-refractivity contribution in [1.82, 2.24) is 37.2 Å². The van der Waals surface area contributed by atoms with Gasteiger partial charge in [-0.05, 0) is 76.0 Å². The third-order valence-corrected chi connectivity index (χ3v) is 23.0. The lowest BCUT2D eigenvalue weighted by atomic mass is 9.69. The number of Topliss-reactive ketones (excluding diaryl/α,β-unsaturated/α-hetero) is 10. The normalized spacial score (nSPS) is 13.4. The number of ketones is 10. The third kappa shape index (κ3) is 27.0. The lowest BCUT2D eigenvalue weighted by Gasteiger charge is -2.32. The van der Waals surface area contributed by atoms with Crippen molar-refractivity contribution < 1.29 is 97.8 Å². The van der Waals surface area contributed by atoms with Crippen molar-refractivity contribution >= 4 is 93.1 Å². The zero-order valence-corrected chi connectivity index (χ0v) is 71.0. The van der Waals surface area contributed by atoms with E-state index >= 15 is 0 Å². The van der Waals surface area contributed by atoms with Gasteiger partial charge in [0.1, 0.15) is 63.2 Å². The van der Waals surface area contributed by atoms with Crippen LogP contribution in [0.3, 0.4) is 0 Å². The Kier molecular flexibility index (Phi) is 34.8. The molecule has 0 saturated carbocycles. The van der Waals surface area contributed by atoms with Crippen LogP contribution in [0.4, 0.5) is 0 Å². The summed E-state index contributed by atoms with van der Waals surface area (Å²) < 4.78 is 9.03. The van der Waals surface area contributed by atoms with Crippen LogP contribution in [0.5, 0.6) is 34.5 Å². The van der Waals surface area contributed by atoms with Gasteiger partial charge in [-0.3, -0.25) is 106 Å². The number of likely N-dealkylation sites (tertiary alicyclic amines) is 1. The highest BCUT2D eigenvalue weighted by molar-refractivity contribution is 6.35. The number of rotatable bonds is 48. The van der Waals surface area contributed by atoms with Crippen molar-refractivity contribution in [1.29, 1.82) is 0 Å². The number of amides is 4. The Bertz CT molecular complexity index is 5390. The van der Waals surface area contributed by atoms with Crippen LogP contribution in [0, 0.1) is 24.7 Å². The number of aromatic hydroxyl groups is 6. The Balaban J connectivity index is 0.000000338. The molecule has 1 atom stereocenters. The molecule has 1 fully saturated rings. The molecule has 0 radical (unpaired) electrons. The second-order valence-corrected chi connectivity index (χ2v) is 32.6. The van der Waals surface area contributed by atoms with Crippen molar-refractivity contribution in [3.63, 3.8) is 0 Å². The minimum atomic E-state index is -1.61. The van der Waals surface area contributed by atoms with Crippen LogP contribution in [0.1, 0.15) is 193 Å². The molecule has 6 aromatic heterocycles. The standard InChI is InChI=1S/C44H53ClN4O13.C44H52N4O13/c1-26-20-38(57)42(61)35(48(26)4)13-10-31(54)25-44(23-29(52)8-11-33-40(59)36(55)15-17-46(33)2,24-30(53)9-12-34-41(60)37(56)16-18-47(34)3)22-28(51)7-5-6-27(50)14-19-49-39(58)21-32(45)43(49)62;1-27-22-38(56)43(61)35(47(27)4)13-10-32(53)26-44(24-30(51)8-11-33-41(59)36(54)17-19-45(33)2,25-31(52)9-12-34-42(60)37(55)18-20-46(34)3)23-29(50)7-5-6-28(49)16-21-48-39(57)14-15-40(48)58/h15-18,20,32,59-61H,5-14,19,21-25H2,1-4H3;14-15,17-20,22,59-61H,5-13,16,21,23-26H2,1-4H3. The summed E-state index contributed by atoms with van der Waals surface area (Å²) >= 11 is 5.87. The van der Waals surface area contributed by atoms with Crippen molar-refractivity contribution in [3.8, 4) is 34.5 Å². The summed E-state index contributed by atoms with van der Waals surface area (Å²) in [5.41, 5.74) is -4.98. The predicted octanol–water partition coefficient (Wildman–Crippen LogP) is 5.01. The molecular weight excluding hydrogens is 1620 g/mol. The third-order valence-electron chi connectivity index (χ3n) is 22.7. The molecule has 0 spiro atoms. The summed E-state index contributed by atoms with van der Waals surface area (Å²) in [7, 11) is 9.53. The molecule has 35 heteroatoms. The zero-order valence-electron chi connectivity index (χ0n) is 70.2. The van der Waals surface area contributed by atoms with E-state index in [2.05, 4.69) is 0 Å². The second kappa shape index (κ2) is 43.8. The molecule has 34 nitrogen and oxygen atoms in total. The Morgan fingerprint density at radius 1 is 0.333 bits per heavy atom. The van der Waals surface area contributed by atoms with Gasteiger partial charge in [-0.2, -0.15) is 0 Å². The van der Waals surface area contributed by atoms with Gasteiger partial charge in [-0.1, -0.05) is 0 Å². The highest BCUT2D eigenvalue weighted by Gasteiger charge is 2.42. The molecule has 2 aliphatic rings. The van der Waals surface area contributed by atoms with Crippen LogP contribution < -0.4 is 32.6 Å². The largest absolute Gasteiger partial charge is 0.503 e. The molecular formula is C88H105ClN8O26. The van der Waals surface area contributed by atoms with E-state index in [1.807, 2.05) is 0 Å². The van der Waals surface area contributed by atoms with E-state index in [9.17, 15) is 127 Å². The maximum atomic E-state index is 14.0. The van der Waals surface area contributed by atoms with E-state index in [-0.39, 0.29) is 194 Å². The summed E-state index contributed by atoms with van der Waals surface area (Å²) in [6.45, 7) is 3.03. The summed E-state index contributed by atoms with van der Waals surface area (Å²) in [6, 6.07) is 7.14. The molecule has 8 rings (SSSR count). The number of carbonyl (C=O) groups excluding carboxylic acids is 14. The number of hydrogen-bond acceptors (Lipinski definition) is 26. The van der Waals surface area contributed by atoms with Crippen LogP contribution in [0.15, 0.2) is 102 Å². The Labute approximate surface area is 711 Å². The van der Waals surface area contributed by atoms with Gasteiger partial charge in [0.05, 0.1) is 40.6 Å². The SMILES string of the molecule is Cc1cc(=O)c(O)c(CCC(=O)CC(CC(=O)CCCC(=O)CCN2C(=O)C=CC2=O)(CC(=O)CCc2c(O)c(=O)ccn2C)CC(=O)CCc2c(O)c(=O)ccn2C)n1C.Cc1cc(=O)c(O)c(CCC(=O)CC(CC(=O)CCCC(=O)CCN2C(=O)CC(Cl)C2=O)(CC(=O)CCc2c(O)c(=O)ccn2C)CC(=O)CCc2c(O)c(=O)ccn2C)n1C. The van der Waals surface area contributed by atoms with E-state index in [0.29, 0.717) is 11.4 Å². The first-order chi connectivity index (χ1) is 57.8. The van der Waals surface area contributed by atoms with Crippen LogP contribution in [-0.2, 0) is 148 Å². The van der Waals surface area contributed by atoms with Gasteiger partial charge in [0.25, 0.3) is 11.8 Å². The number of alkyl halides is 1. The fourth-order valence-electron chi connectivity index (χ4n) is 15.7. The number of pyridine rings is 6. The lowest BCUT2D eigenvalue weighted by molar-refractivity contribution is -0.140. The molecule has 660 valence electrons. The van der Waals surface area contributed by atoms with Crippen molar-refractivity contribution in [2.24, 2.45) is 53.1 Å². The quantitative estimate of drug-likeness (QED) is 0.0216. The highest BCUT2D eigenvalue weighted by Crippen LogP contribution is 2.41. The molecule has 8 heterocycles. The molecule has 1 saturated heterocycles. The fourth-order valence-corrected chi connectivity index (χ4v) is 15.9. The van der Waals surface area contributed by atoms with Crippen molar-refractivity contribution in [2.45, 2.75) is 205 Å². The summed E-state index contributed by atoms with van der Waals surface area (Å²) in [4.78, 5) is 260. The number of halogens is 1. The van der Waals surface area contributed by atoms with Gasteiger partial charge in [0.15, 0.2) is 34.5 Å². The average Bonchev–Trinajstić information content (AvgIpc) is 1.42. The smallest absolute Gasteiger partial charge is 0.253 e. The van der Waals surface area contributed by atoms with Crippen molar-refractivity contribution in [2.75, 3.05) is 13.1 Å². The zero-order chi connectivity index (χ0) is 91.2. The van der Waals surface area contributed by atoms with Gasteiger partial charge >= 0.3 is 0 Å². The van der Waals surface area contributed by atoms with E-state index in [0.717, 1.165) is 46.2 Å². The van der Waals surface area contributed by atoms with Crippen LogP contribution in [0.25, 0.3) is 0 Å². The summed E-state index contributed by atoms with van der Waals surface area (Å²) in [5, 5.41) is 61.9. The molecule has 2 aliphatic heterocycles. The lowest BCUT2D eigenvalue weighted by Crippen LogP contribution is -2.34. The monoisotopic (exact) mass is 1720 g/mol. The van der Waals surface area contributed by atoms with Gasteiger partial charge < -0.3 is 58.0 Å². The molecule has 0 aliphatic carbocycles. The second-order valence-electron chi connectivity index (χ2n) is 32.1. The first-order valence-electron chi connectivity index (χ1n) is 40.3. The molecule has 0 bridgehead atoms. The van der Waals surface area contributed by atoms with Gasteiger partial charge in [0.2, 0.25) is 44.4 Å². The molecule has 0 aromatic carbocycles. The highest BCUT2D eigenvalue weighted by atomic mass is 35.5. The Morgan fingerprint density at radius 3 is 0.829 bits per heavy atom. The minimum absolute atomic E-state index is 0.0485. The Hall–Kier alpha value is -12.5. The Morgan fingerprint density at radius 2 is 0.569 bits per heavy atom. The number of aromatic nitrogens is 6. The van der Waals surface area contributed by atoms with Crippen molar-refractivity contribution in [3.05, 3.63) is 180 Å². The number of nitrogens with zero attached hydrogens (tertiary/aromatic N) is 8. The van der Waals surface area contributed by atoms with Crippen LogP contribution >= 0.6 is 11.6 Å². The number of imide groups is 2. The first kappa shape index (κ1) is 97.6. The van der Waals surface area contributed by atoms with Gasteiger partial charge in [-0.25, -0.2) is 0 Å². The summed E-state index contributed by atoms with van der Waals surface area (Å²) in [6.07, 6.45) is 1.47. The number of hydrogen-bond donors (Lipinski definition) is 6. The van der Waals surface area contributed by atoms with Gasteiger partial charge in [0, 0.05) is 269 Å². The molecule has 123 heavy (non-hydrogen) atoms. The van der Waals surface area contributed by atoms with Crippen LogP contribution in [0.2, 0.25) is 0 Å². The maximum absolute atomic E-state index is 14.0. The molecule has 6 N–H and O–H groups in total. The number of carbonyl (C=O) groups is 14. The molecule has 4 amide bonds. The van der Waals surface area contributed by atoms with E-state index < -0.39 is 205 Å². The molecule has 6 aromatic rings. The minimum Gasteiger partial charge on any atom is -0.503 e. The summed E-state index contributed by atoms with van der Waals surface area (Å²) in [5.74, 6) is -9.84.